The predicted octanol–water partition coefficient (Wildman–Crippen LogP) is 0.701. The van der Waals surface area contributed by atoms with E-state index in [9.17, 15) is 0 Å². The van der Waals surface area contributed by atoms with Crippen molar-refractivity contribution in [3.05, 3.63) is 12.3 Å². The highest BCUT2D eigenvalue weighted by Crippen LogP contribution is 2.27. The zero-order valence-electron chi connectivity index (χ0n) is 8.77. The van der Waals surface area contributed by atoms with Crippen LogP contribution in [-0.2, 0) is 0 Å². The lowest BCUT2D eigenvalue weighted by Crippen LogP contribution is -2.33. The summed E-state index contributed by atoms with van der Waals surface area (Å²) in [7, 11) is 1.79. The minimum atomic E-state index is -0.0879. The van der Waals surface area contributed by atoms with Crippen molar-refractivity contribution in [3.63, 3.8) is 0 Å². The van der Waals surface area contributed by atoms with E-state index >= 15 is 0 Å². The normalized spacial score (nSPS) is 24.4. The maximum atomic E-state index is 9.13. The van der Waals surface area contributed by atoms with Gasteiger partial charge >= 0.3 is 0 Å². The second-order valence-electron chi connectivity index (χ2n) is 3.89. The van der Waals surface area contributed by atoms with Crippen molar-refractivity contribution in [2.75, 3.05) is 24.2 Å². The van der Waals surface area contributed by atoms with Crippen LogP contribution in [0.3, 0.4) is 0 Å². The van der Waals surface area contributed by atoms with Crippen LogP contribution in [0, 0.1) is 5.92 Å². The summed E-state index contributed by atoms with van der Waals surface area (Å²) in [6, 6.07) is 1.84. The highest BCUT2D eigenvalue weighted by Gasteiger charge is 2.26. The number of hydrogen-bond donors (Lipinski definition) is 3. The molecular formula is C10H16N4O. The number of aromatic nitrogens is 2. The molecular weight excluding hydrogens is 192 g/mol. The smallest absolute Gasteiger partial charge is 0.224 e. The van der Waals surface area contributed by atoms with Crippen LogP contribution >= 0.6 is 0 Å². The third-order valence-electron chi connectivity index (χ3n) is 2.66. The Morgan fingerprint density at radius 3 is 3.00 bits per heavy atom. The molecule has 1 saturated carbocycles. The number of nitrogens with one attached hydrogen (secondary N) is 2. The Labute approximate surface area is 88.9 Å². The second kappa shape index (κ2) is 4.44. The van der Waals surface area contributed by atoms with E-state index in [1.807, 2.05) is 6.07 Å². The molecule has 5 heteroatoms. The Bertz CT molecular complexity index is 325. The Balaban J connectivity index is 1.82. The predicted molar refractivity (Wildman–Crippen MR) is 58.8 cm³/mol. The summed E-state index contributed by atoms with van der Waals surface area (Å²) < 4.78 is 0. The van der Waals surface area contributed by atoms with Gasteiger partial charge in [-0.25, -0.2) is 4.98 Å². The standard InChI is InChI=1S/C10H16N4O/c1-11-10-12-3-2-9(14-10)13-6-7-4-8(15)5-7/h2-3,7-8,15H,4-6H2,1H3,(H2,11,12,13,14). The summed E-state index contributed by atoms with van der Waals surface area (Å²) in [6.07, 6.45) is 3.43. The maximum absolute atomic E-state index is 9.13. The molecule has 15 heavy (non-hydrogen) atoms. The van der Waals surface area contributed by atoms with Crippen molar-refractivity contribution < 1.29 is 5.11 Å². The highest BCUT2D eigenvalue weighted by atomic mass is 16.3. The molecule has 1 aliphatic carbocycles. The third kappa shape index (κ3) is 2.56. The first-order valence-electron chi connectivity index (χ1n) is 5.20. The number of hydrogen-bond acceptors (Lipinski definition) is 5. The van der Waals surface area contributed by atoms with Gasteiger partial charge in [-0.2, -0.15) is 4.98 Å². The van der Waals surface area contributed by atoms with Gasteiger partial charge in [0.25, 0.3) is 0 Å². The van der Waals surface area contributed by atoms with Gasteiger partial charge in [0.2, 0.25) is 5.95 Å². The molecule has 2 rings (SSSR count). The first kappa shape index (κ1) is 10.2. The molecule has 1 aromatic rings. The van der Waals surface area contributed by atoms with Gasteiger partial charge in [-0.1, -0.05) is 0 Å². The average molecular weight is 208 g/mol. The minimum Gasteiger partial charge on any atom is -0.393 e. The van der Waals surface area contributed by atoms with Gasteiger partial charge < -0.3 is 15.7 Å². The number of nitrogens with zero attached hydrogens (tertiary/aromatic N) is 2. The third-order valence-corrected chi connectivity index (χ3v) is 2.66. The molecule has 0 saturated heterocycles. The Kier molecular flexibility index (Phi) is 3.01. The second-order valence-corrected chi connectivity index (χ2v) is 3.89. The summed E-state index contributed by atoms with van der Waals surface area (Å²) in [6.45, 7) is 0.872. The number of anilines is 2. The van der Waals surface area contributed by atoms with Crippen molar-refractivity contribution in [1.82, 2.24) is 9.97 Å². The van der Waals surface area contributed by atoms with Gasteiger partial charge in [0.1, 0.15) is 5.82 Å². The van der Waals surface area contributed by atoms with Crippen molar-refractivity contribution >= 4 is 11.8 Å². The molecule has 0 spiro atoms. The molecule has 1 aliphatic rings. The number of rotatable bonds is 4. The van der Waals surface area contributed by atoms with E-state index in [0.29, 0.717) is 11.9 Å². The lowest BCUT2D eigenvalue weighted by Gasteiger charge is -2.31. The van der Waals surface area contributed by atoms with Gasteiger partial charge in [-0.05, 0) is 24.8 Å². The van der Waals surface area contributed by atoms with Gasteiger partial charge in [-0.15, -0.1) is 0 Å². The Morgan fingerprint density at radius 2 is 2.33 bits per heavy atom. The molecule has 1 aromatic heterocycles. The molecule has 1 fully saturated rings. The number of aliphatic hydroxyl groups is 1. The summed E-state index contributed by atoms with van der Waals surface area (Å²) >= 11 is 0. The monoisotopic (exact) mass is 208 g/mol. The van der Waals surface area contributed by atoms with Crippen LogP contribution in [0.1, 0.15) is 12.8 Å². The van der Waals surface area contributed by atoms with Gasteiger partial charge in [0.15, 0.2) is 0 Å². The highest BCUT2D eigenvalue weighted by molar-refractivity contribution is 5.39. The van der Waals surface area contributed by atoms with E-state index < -0.39 is 0 Å². The summed E-state index contributed by atoms with van der Waals surface area (Å²) in [5.41, 5.74) is 0. The average Bonchev–Trinajstić information content (AvgIpc) is 2.23. The number of aliphatic hydroxyl groups excluding tert-OH is 1. The SMILES string of the molecule is CNc1nccc(NCC2CC(O)C2)n1. The summed E-state index contributed by atoms with van der Waals surface area (Å²) in [5.74, 6) is 2.03. The molecule has 0 atom stereocenters. The van der Waals surface area contributed by atoms with Gasteiger partial charge in [-0.3, -0.25) is 0 Å². The van der Waals surface area contributed by atoms with Crippen molar-refractivity contribution in [2.24, 2.45) is 5.92 Å². The van der Waals surface area contributed by atoms with E-state index in [4.69, 9.17) is 5.11 Å². The quantitative estimate of drug-likeness (QED) is 0.679. The topological polar surface area (TPSA) is 70.1 Å². The van der Waals surface area contributed by atoms with E-state index in [0.717, 1.165) is 25.2 Å². The molecule has 0 radical (unpaired) electrons. The first-order chi connectivity index (χ1) is 7.28. The zero-order valence-corrected chi connectivity index (χ0v) is 8.77. The van der Waals surface area contributed by atoms with Crippen LogP contribution in [0.25, 0.3) is 0 Å². The van der Waals surface area contributed by atoms with Crippen LogP contribution in [0.4, 0.5) is 11.8 Å². The fraction of sp³-hybridized carbons (Fsp3) is 0.600. The van der Waals surface area contributed by atoms with E-state index in [1.165, 1.54) is 0 Å². The van der Waals surface area contributed by atoms with Gasteiger partial charge in [0, 0.05) is 19.8 Å². The largest absolute Gasteiger partial charge is 0.393 e. The van der Waals surface area contributed by atoms with Crippen LogP contribution in [0.15, 0.2) is 12.3 Å². The molecule has 3 N–H and O–H groups in total. The van der Waals surface area contributed by atoms with E-state index in [1.54, 1.807) is 13.2 Å². The lowest BCUT2D eigenvalue weighted by atomic mass is 9.82. The summed E-state index contributed by atoms with van der Waals surface area (Å²) in [4.78, 5) is 8.27. The van der Waals surface area contributed by atoms with E-state index in [2.05, 4.69) is 20.6 Å². The Hall–Kier alpha value is -1.36. The van der Waals surface area contributed by atoms with Crippen LogP contribution in [0.5, 0.6) is 0 Å². The molecule has 0 amide bonds. The molecule has 1 heterocycles. The molecule has 82 valence electrons. The molecule has 0 unspecified atom stereocenters. The van der Waals surface area contributed by atoms with Crippen molar-refractivity contribution in [1.29, 1.82) is 0 Å². The van der Waals surface area contributed by atoms with Crippen molar-refractivity contribution in [3.8, 4) is 0 Å². The van der Waals surface area contributed by atoms with Crippen LogP contribution < -0.4 is 10.6 Å². The molecule has 5 nitrogen and oxygen atoms in total. The maximum Gasteiger partial charge on any atom is 0.224 e. The van der Waals surface area contributed by atoms with Crippen LogP contribution in [0.2, 0.25) is 0 Å². The fourth-order valence-corrected chi connectivity index (χ4v) is 1.69. The van der Waals surface area contributed by atoms with Gasteiger partial charge in [0.05, 0.1) is 6.10 Å². The van der Waals surface area contributed by atoms with Crippen molar-refractivity contribution in [2.45, 2.75) is 18.9 Å². The Morgan fingerprint density at radius 1 is 1.53 bits per heavy atom. The fourth-order valence-electron chi connectivity index (χ4n) is 1.69. The van der Waals surface area contributed by atoms with Crippen LogP contribution in [-0.4, -0.2) is 34.8 Å². The molecule has 0 bridgehead atoms. The first-order valence-corrected chi connectivity index (χ1v) is 5.20. The lowest BCUT2D eigenvalue weighted by molar-refractivity contribution is 0.0486. The molecule has 0 aliphatic heterocycles. The minimum absolute atomic E-state index is 0.0879. The van der Waals surface area contributed by atoms with E-state index in [-0.39, 0.29) is 6.10 Å². The summed E-state index contributed by atoms with van der Waals surface area (Å²) in [5, 5.41) is 15.3. The molecule has 0 aromatic carbocycles. The zero-order chi connectivity index (χ0) is 10.7.